The zero-order valence-electron chi connectivity index (χ0n) is 13.5. The number of fused-ring (bicyclic) bond motifs is 1. The standard InChI is InChI=1S/C20H18N2O2/c1-14-16(12-19(24-14)15-6-3-2-4-7-15)10-11-23-18-9-5-8-17-20(18)22-13-21-17/h2-9,12-13H,10-11H2,1H3,(H,21,22). The number of H-pyrrole nitrogens is 1. The molecule has 0 saturated carbocycles. The lowest BCUT2D eigenvalue weighted by Gasteiger charge is -2.06. The highest BCUT2D eigenvalue weighted by molar-refractivity contribution is 5.81. The van der Waals surface area contributed by atoms with Crippen molar-refractivity contribution in [2.24, 2.45) is 0 Å². The number of rotatable bonds is 5. The number of hydrogen-bond donors (Lipinski definition) is 1. The summed E-state index contributed by atoms with van der Waals surface area (Å²) in [6.07, 6.45) is 2.48. The molecule has 0 atom stereocenters. The molecule has 0 aliphatic rings. The van der Waals surface area contributed by atoms with E-state index in [1.807, 2.05) is 43.3 Å². The van der Waals surface area contributed by atoms with Crippen molar-refractivity contribution in [1.29, 1.82) is 0 Å². The van der Waals surface area contributed by atoms with Gasteiger partial charge >= 0.3 is 0 Å². The molecule has 0 bridgehead atoms. The van der Waals surface area contributed by atoms with Crippen LogP contribution in [0.4, 0.5) is 0 Å². The summed E-state index contributed by atoms with van der Waals surface area (Å²) in [6.45, 7) is 2.58. The third-order valence-corrected chi connectivity index (χ3v) is 4.12. The molecular formula is C20H18N2O2. The number of aryl methyl sites for hydroxylation is 1. The molecule has 2 heterocycles. The maximum absolute atomic E-state index is 5.93. The second-order valence-corrected chi connectivity index (χ2v) is 5.71. The van der Waals surface area contributed by atoms with E-state index in [2.05, 4.69) is 28.2 Å². The summed E-state index contributed by atoms with van der Waals surface area (Å²) in [4.78, 5) is 7.40. The van der Waals surface area contributed by atoms with Gasteiger partial charge in [-0.1, -0.05) is 36.4 Å². The van der Waals surface area contributed by atoms with Crippen LogP contribution < -0.4 is 4.74 Å². The number of imidazole rings is 1. The molecule has 0 spiro atoms. The SMILES string of the molecule is Cc1oc(-c2ccccc2)cc1CCOc1cccc2[nH]cnc12. The van der Waals surface area contributed by atoms with Crippen molar-refractivity contribution in [3.05, 3.63) is 72.2 Å². The Labute approximate surface area is 140 Å². The number of nitrogens with one attached hydrogen (secondary N) is 1. The second kappa shape index (κ2) is 6.24. The van der Waals surface area contributed by atoms with E-state index in [9.17, 15) is 0 Å². The predicted molar refractivity (Wildman–Crippen MR) is 94.2 cm³/mol. The van der Waals surface area contributed by atoms with Crippen molar-refractivity contribution in [2.45, 2.75) is 13.3 Å². The monoisotopic (exact) mass is 318 g/mol. The first-order valence-electron chi connectivity index (χ1n) is 8.01. The molecule has 0 aliphatic heterocycles. The average Bonchev–Trinajstić information content (AvgIpc) is 3.23. The molecule has 4 nitrogen and oxygen atoms in total. The lowest BCUT2D eigenvalue weighted by atomic mass is 10.1. The topological polar surface area (TPSA) is 51.0 Å². The summed E-state index contributed by atoms with van der Waals surface area (Å²) in [5.74, 6) is 2.64. The van der Waals surface area contributed by atoms with Gasteiger partial charge < -0.3 is 14.1 Å². The number of ether oxygens (including phenoxy) is 1. The molecule has 0 unspecified atom stereocenters. The van der Waals surface area contributed by atoms with E-state index in [-0.39, 0.29) is 0 Å². The Kier molecular flexibility index (Phi) is 3.79. The van der Waals surface area contributed by atoms with Crippen LogP contribution >= 0.6 is 0 Å². The fraction of sp³-hybridized carbons (Fsp3) is 0.150. The summed E-state index contributed by atoms with van der Waals surface area (Å²) in [5.41, 5.74) is 4.11. The highest BCUT2D eigenvalue weighted by atomic mass is 16.5. The van der Waals surface area contributed by atoms with Gasteiger partial charge in [0.1, 0.15) is 22.8 Å². The van der Waals surface area contributed by atoms with Crippen molar-refractivity contribution in [3.63, 3.8) is 0 Å². The first kappa shape index (κ1) is 14.6. The second-order valence-electron chi connectivity index (χ2n) is 5.71. The van der Waals surface area contributed by atoms with E-state index in [1.165, 1.54) is 5.56 Å². The Hall–Kier alpha value is -3.01. The number of furan rings is 1. The van der Waals surface area contributed by atoms with Crippen molar-refractivity contribution in [2.75, 3.05) is 6.61 Å². The van der Waals surface area contributed by atoms with Gasteiger partial charge in [0, 0.05) is 12.0 Å². The van der Waals surface area contributed by atoms with Crippen LogP contribution in [-0.4, -0.2) is 16.6 Å². The zero-order chi connectivity index (χ0) is 16.4. The van der Waals surface area contributed by atoms with Gasteiger partial charge in [0.25, 0.3) is 0 Å². The largest absolute Gasteiger partial charge is 0.491 e. The number of para-hydroxylation sites is 1. The third kappa shape index (κ3) is 2.78. The van der Waals surface area contributed by atoms with Crippen LogP contribution in [0.25, 0.3) is 22.4 Å². The van der Waals surface area contributed by atoms with Crippen LogP contribution in [0.5, 0.6) is 5.75 Å². The normalized spacial score (nSPS) is 11.0. The van der Waals surface area contributed by atoms with Gasteiger partial charge in [-0.15, -0.1) is 0 Å². The van der Waals surface area contributed by atoms with Gasteiger partial charge in [-0.3, -0.25) is 0 Å². The number of nitrogens with zero attached hydrogens (tertiary/aromatic N) is 1. The zero-order valence-corrected chi connectivity index (χ0v) is 13.5. The van der Waals surface area contributed by atoms with Crippen LogP contribution in [0.2, 0.25) is 0 Å². The molecule has 120 valence electrons. The minimum atomic E-state index is 0.584. The van der Waals surface area contributed by atoms with Crippen molar-refractivity contribution >= 4 is 11.0 Å². The summed E-state index contributed by atoms with van der Waals surface area (Å²) in [6, 6.07) is 18.1. The van der Waals surface area contributed by atoms with Crippen LogP contribution in [0, 0.1) is 6.92 Å². The fourth-order valence-electron chi connectivity index (χ4n) is 2.84. The number of hydrogen-bond acceptors (Lipinski definition) is 3. The van der Waals surface area contributed by atoms with E-state index in [1.54, 1.807) is 6.33 Å². The fourth-order valence-corrected chi connectivity index (χ4v) is 2.84. The Morgan fingerprint density at radius 1 is 1.08 bits per heavy atom. The van der Waals surface area contributed by atoms with Crippen molar-refractivity contribution < 1.29 is 9.15 Å². The molecule has 4 heteroatoms. The molecule has 2 aromatic heterocycles. The number of benzene rings is 2. The quantitative estimate of drug-likeness (QED) is 0.577. The Balaban J connectivity index is 1.47. The predicted octanol–water partition coefficient (Wildman–Crippen LogP) is 4.75. The number of aromatic nitrogens is 2. The number of aromatic amines is 1. The van der Waals surface area contributed by atoms with Gasteiger partial charge in [0.2, 0.25) is 0 Å². The maximum atomic E-state index is 5.93. The van der Waals surface area contributed by atoms with Gasteiger partial charge in [0.05, 0.1) is 18.5 Å². The van der Waals surface area contributed by atoms with Gasteiger partial charge in [-0.25, -0.2) is 4.98 Å². The molecule has 0 aliphatic carbocycles. The van der Waals surface area contributed by atoms with E-state index >= 15 is 0 Å². The van der Waals surface area contributed by atoms with Crippen LogP contribution in [0.3, 0.4) is 0 Å². The molecule has 1 N–H and O–H groups in total. The lowest BCUT2D eigenvalue weighted by Crippen LogP contribution is -2.01. The van der Waals surface area contributed by atoms with E-state index in [0.29, 0.717) is 6.61 Å². The smallest absolute Gasteiger partial charge is 0.147 e. The third-order valence-electron chi connectivity index (χ3n) is 4.12. The summed E-state index contributed by atoms with van der Waals surface area (Å²) in [5, 5.41) is 0. The molecular weight excluding hydrogens is 300 g/mol. The average molecular weight is 318 g/mol. The summed E-state index contributed by atoms with van der Waals surface area (Å²) >= 11 is 0. The lowest BCUT2D eigenvalue weighted by molar-refractivity contribution is 0.324. The van der Waals surface area contributed by atoms with Crippen molar-refractivity contribution in [1.82, 2.24) is 9.97 Å². The molecule has 24 heavy (non-hydrogen) atoms. The maximum Gasteiger partial charge on any atom is 0.147 e. The molecule has 2 aromatic carbocycles. The minimum absolute atomic E-state index is 0.584. The van der Waals surface area contributed by atoms with E-state index in [0.717, 1.165) is 40.3 Å². The van der Waals surface area contributed by atoms with Gasteiger partial charge in [0.15, 0.2) is 0 Å². The highest BCUT2D eigenvalue weighted by Gasteiger charge is 2.10. The van der Waals surface area contributed by atoms with Crippen LogP contribution in [0.15, 0.2) is 65.3 Å². The van der Waals surface area contributed by atoms with Gasteiger partial charge in [-0.05, 0) is 30.7 Å². The first-order chi connectivity index (χ1) is 11.8. The molecule has 0 radical (unpaired) electrons. The van der Waals surface area contributed by atoms with Crippen LogP contribution in [0.1, 0.15) is 11.3 Å². The summed E-state index contributed by atoms with van der Waals surface area (Å²) in [7, 11) is 0. The molecule has 4 rings (SSSR count). The van der Waals surface area contributed by atoms with E-state index in [4.69, 9.17) is 9.15 Å². The molecule has 0 fully saturated rings. The highest BCUT2D eigenvalue weighted by Crippen LogP contribution is 2.26. The van der Waals surface area contributed by atoms with Crippen molar-refractivity contribution in [3.8, 4) is 17.1 Å². The Morgan fingerprint density at radius 2 is 1.96 bits per heavy atom. The first-order valence-corrected chi connectivity index (χ1v) is 8.01. The molecule has 4 aromatic rings. The van der Waals surface area contributed by atoms with Crippen LogP contribution in [-0.2, 0) is 6.42 Å². The Morgan fingerprint density at radius 3 is 2.83 bits per heavy atom. The molecule has 0 saturated heterocycles. The summed E-state index contributed by atoms with van der Waals surface area (Å²) < 4.78 is 11.8. The van der Waals surface area contributed by atoms with E-state index < -0.39 is 0 Å². The molecule has 0 amide bonds. The Bertz CT molecular complexity index is 954. The minimum Gasteiger partial charge on any atom is -0.491 e. The van der Waals surface area contributed by atoms with Gasteiger partial charge in [-0.2, -0.15) is 0 Å².